The SMILES string of the molecule is COC(=O)C[C@H](NC(=O)Nc1cncnc1)C(=O)O. The molecule has 1 atom stereocenters. The highest BCUT2D eigenvalue weighted by molar-refractivity contribution is 5.93. The zero-order chi connectivity index (χ0) is 14.3. The molecule has 19 heavy (non-hydrogen) atoms. The Morgan fingerprint density at radius 2 is 2.00 bits per heavy atom. The average molecular weight is 268 g/mol. The molecule has 0 aliphatic heterocycles. The number of esters is 1. The van der Waals surface area contributed by atoms with Crippen molar-refractivity contribution in [3.8, 4) is 0 Å². The molecule has 1 heterocycles. The van der Waals surface area contributed by atoms with Gasteiger partial charge >= 0.3 is 18.0 Å². The molecule has 0 saturated carbocycles. The third kappa shape index (κ3) is 4.98. The number of carbonyl (C=O) groups excluding carboxylic acids is 2. The van der Waals surface area contributed by atoms with E-state index in [1.165, 1.54) is 18.7 Å². The van der Waals surface area contributed by atoms with Crippen LogP contribution in [-0.2, 0) is 14.3 Å². The third-order valence-corrected chi connectivity index (χ3v) is 2.02. The molecule has 2 amide bonds. The van der Waals surface area contributed by atoms with Crippen molar-refractivity contribution in [1.29, 1.82) is 0 Å². The highest BCUT2D eigenvalue weighted by atomic mass is 16.5. The van der Waals surface area contributed by atoms with E-state index in [2.05, 4.69) is 25.3 Å². The van der Waals surface area contributed by atoms with Crippen molar-refractivity contribution in [2.24, 2.45) is 0 Å². The van der Waals surface area contributed by atoms with Gasteiger partial charge in [0, 0.05) is 0 Å². The highest BCUT2D eigenvalue weighted by Gasteiger charge is 2.23. The van der Waals surface area contributed by atoms with Crippen LogP contribution in [0.1, 0.15) is 6.42 Å². The lowest BCUT2D eigenvalue weighted by Gasteiger charge is -2.13. The number of nitrogens with zero attached hydrogens (tertiary/aromatic N) is 2. The van der Waals surface area contributed by atoms with Gasteiger partial charge in [-0.1, -0.05) is 0 Å². The summed E-state index contributed by atoms with van der Waals surface area (Å²) in [6.07, 6.45) is 3.48. The molecule has 0 bridgehead atoms. The van der Waals surface area contributed by atoms with Crippen molar-refractivity contribution in [2.75, 3.05) is 12.4 Å². The number of rotatable bonds is 5. The van der Waals surface area contributed by atoms with Gasteiger partial charge in [-0.05, 0) is 0 Å². The summed E-state index contributed by atoms with van der Waals surface area (Å²) >= 11 is 0. The first kappa shape index (κ1) is 14.4. The van der Waals surface area contributed by atoms with E-state index < -0.39 is 30.4 Å². The van der Waals surface area contributed by atoms with Gasteiger partial charge in [0.05, 0.1) is 31.6 Å². The van der Waals surface area contributed by atoms with Crippen molar-refractivity contribution in [2.45, 2.75) is 12.5 Å². The van der Waals surface area contributed by atoms with Crippen LogP contribution in [0.5, 0.6) is 0 Å². The van der Waals surface area contributed by atoms with Gasteiger partial charge in [-0.25, -0.2) is 19.6 Å². The first-order valence-corrected chi connectivity index (χ1v) is 5.15. The van der Waals surface area contributed by atoms with Crippen molar-refractivity contribution >= 4 is 23.7 Å². The van der Waals surface area contributed by atoms with Gasteiger partial charge in [0.15, 0.2) is 0 Å². The lowest BCUT2D eigenvalue weighted by molar-refractivity contribution is -0.147. The smallest absolute Gasteiger partial charge is 0.326 e. The van der Waals surface area contributed by atoms with Gasteiger partial charge in [-0.2, -0.15) is 0 Å². The van der Waals surface area contributed by atoms with E-state index in [0.717, 1.165) is 7.11 Å². The molecule has 0 unspecified atom stereocenters. The van der Waals surface area contributed by atoms with Crippen LogP contribution >= 0.6 is 0 Å². The first-order valence-electron chi connectivity index (χ1n) is 5.15. The normalized spacial score (nSPS) is 11.2. The van der Waals surface area contributed by atoms with E-state index in [1.807, 2.05) is 0 Å². The molecule has 1 aromatic rings. The molecule has 102 valence electrons. The van der Waals surface area contributed by atoms with Crippen LogP contribution in [0.3, 0.4) is 0 Å². The zero-order valence-electron chi connectivity index (χ0n) is 9.99. The minimum absolute atomic E-state index is 0.294. The fourth-order valence-electron chi connectivity index (χ4n) is 1.14. The second-order valence-electron chi connectivity index (χ2n) is 3.40. The van der Waals surface area contributed by atoms with Gasteiger partial charge < -0.3 is 20.5 Å². The molecule has 0 aliphatic rings. The summed E-state index contributed by atoms with van der Waals surface area (Å²) in [6.45, 7) is 0. The number of anilines is 1. The average Bonchev–Trinajstić information content (AvgIpc) is 2.38. The highest BCUT2D eigenvalue weighted by Crippen LogP contribution is 2.01. The van der Waals surface area contributed by atoms with Gasteiger partial charge in [0.25, 0.3) is 0 Å². The minimum Gasteiger partial charge on any atom is -0.480 e. The maximum Gasteiger partial charge on any atom is 0.326 e. The van der Waals surface area contributed by atoms with Gasteiger partial charge in [-0.3, -0.25) is 4.79 Å². The third-order valence-electron chi connectivity index (χ3n) is 2.02. The molecule has 1 rings (SSSR count). The fourth-order valence-corrected chi connectivity index (χ4v) is 1.14. The number of amides is 2. The zero-order valence-corrected chi connectivity index (χ0v) is 9.99. The number of urea groups is 1. The summed E-state index contributed by atoms with van der Waals surface area (Å²) in [5.41, 5.74) is 0.294. The van der Waals surface area contributed by atoms with Crippen molar-refractivity contribution in [3.05, 3.63) is 18.7 Å². The topological polar surface area (TPSA) is 131 Å². The molecule has 0 aliphatic carbocycles. The summed E-state index contributed by atoms with van der Waals surface area (Å²) in [5.74, 6) is -2.08. The molecule has 3 N–H and O–H groups in total. The van der Waals surface area contributed by atoms with Crippen molar-refractivity contribution < 1.29 is 24.2 Å². The Bertz CT molecular complexity index is 464. The first-order chi connectivity index (χ1) is 9.02. The molecule has 9 nitrogen and oxygen atoms in total. The monoisotopic (exact) mass is 268 g/mol. The number of hydrogen-bond donors (Lipinski definition) is 3. The van der Waals surface area contributed by atoms with E-state index in [1.54, 1.807) is 0 Å². The van der Waals surface area contributed by atoms with E-state index in [9.17, 15) is 14.4 Å². The Kier molecular flexibility index (Phi) is 5.20. The fraction of sp³-hybridized carbons (Fsp3) is 0.300. The Hall–Kier alpha value is -2.71. The van der Waals surface area contributed by atoms with E-state index >= 15 is 0 Å². The molecular formula is C10H12N4O5. The molecule has 1 aromatic heterocycles. The summed E-state index contributed by atoms with van der Waals surface area (Å²) in [5, 5.41) is 13.3. The van der Waals surface area contributed by atoms with Crippen molar-refractivity contribution in [1.82, 2.24) is 15.3 Å². The van der Waals surface area contributed by atoms with Gasteiger partial charge in [0.1, 0.15) is 12.4 Å². The summed E-state index contributed by atoms with van der Waals surface area (Å²) in [7, 11) is 1.13. The van der Waals surface area contributed by atoms with Crippen molar-refractivity contribution in [3.63, 3.8) is 0 Å². The standard InChI is InChI=1S/C10H12N4O5/c1-19-8(15)2-7(9(16)17)14-10(18)13-6-3-11-5-12-4-6/h3-5,7H,2H2,1H3,(H,16,17)(H2,13,14,18)/t7-/m0/s1. The number of aromatic nitrogens is 2. The van der Waals surface area contributed by atoms with E-state index in [0.29, 0.717) is 5.69 Å². The molecule has 0 radical (unpaired) electrons. The maximum absolute atomic E-state index is 11.5. The van der Waals surface area contributed by atoms with Crippen LogP contribution in [0.15, 0.2) is 18.7 Å². The number of ether oxygens (including phenoxy) is 1. The number of carboxylic acids is 1. The van der Waals surface area contributed by atoms with E-state index in [-0.39, 0.29) is 0 Å². The number of nitrogens with one attached hydrogen (secondary N) is 2. The molecular weight excluding hydrogens is 256 g/mol. The second kappa shape index (κ2) is 6.89. The van der Waals surface area contributed by atoms with Gasteiger partial charge in [0.2, 0.25) is 0 Å². The largest absolute Gasteiger partial charge is 0.480 e. The van der Waals surface area contributed by atoms with E-state index in [4.69, 9.17) is 5.11 Å². The van der Waals surface area contributed by atoms with Crippen LogP contribution in [0.25, 0.3) is 0 Å². The summed E-state index contributed by atoms with van der Waals surface area (Å²) in [6, 6.07) is -2.16. The van der Waals surface area contributed by atoms with Crippen LogP contribution in [0, 0.1) is 0 Å². The predicted octanol–water partition coefficient (Wildman–Crippen LogP) is -0.386. The Labute approximate surface area is 108 Å². The molecule has 0 saturated heterocycles. The lowest BCUT2D eigenvalue weighted by atomic mass is 10.2. The quantitative estimate of drug-likeness (QED) is 0.620. The van der Waals surface area contributed by atoms with Crippen LogP contribution in [0.4, 0.5) is 10.5 Å². The molecule has 9 heteroatoms. The number of carboxylic acid groups (broad SMARTS) is 1. The summed E-state index contributed by atoms with van der Waals surface area (Å²) < 4.78 is 4.34. The predicted molar refractivity (Wildman–Crippen MR) is 62.2 cm³/mol. The Balaban J connectivity index is 2.57. The number of methoxy groups -OCH3 is 1. The van der Waals surface area contributed by atoms with Crippen LogP contribution in [0.2, 0.25) is 0 Å². The Morgan fingerprint density at radius 3 is 2.53 bits per heavy atom. The Morgan fingerprint density at radius 1 is 1.37 bits per heavy atom. The van der Waals surface area contributed by atoms with Crippen LogP contribution < -0.4 is 10.6 Å². The maximum atomic E-state index is 11.5. The molecule has 0 fully saturated rings. The number of carbonyl (C=O) groups is 3. The molecule has 0 aromatic carbocycles. The molecule has 0 spiro atoms. The minimum atomic E-state index is -1.38. The van der Waals surface area contributed by atoms with Gasteiger partial charge in [-0.15, -0.1) is 0 Å². The number of hydrogen-bond acceptors (Lipinski definition) is 6. The number of aliphatic carboxylic acids is 1. The lowest BCUT2D eigenvalue weighted by Crippen LogP contribution is -2.44. The summed E-state index contributed by atoms with van der Waals surface area (Å²) in [4.78, 5) is 40.7. The second-order valence-corrected chi connectivity index (χ2v) is 3.40. The van der Waals surface area contributed by atoms with Crippen LogP contribution in [-0.4, -0.2) is 46.2 Å².